The van der Waals surface area contributed by atoms with Gasteiger partial charge in [0, 0.05) is 87.4 Å². The van der Waals surface area contributed by atoms with Crippen LogP contribution < -0.4 is 25.4 Å². The second-order valence-electron chi connectivity index (χ2n) is 15.8. The van der Waals surface area contributed by atoms with Gasteiger partial charge in [0.1, 0.15) is 17.4 Å². The van der Waals surface area contributed by atoms with Crippen LogP contribution in [0, 0.1) is 12.3 Å². The summed E-state index contributed by atoms with van der Waals surface area (Å²) in [4.78, 5) is 53.1. The summed E-state index contributed by atoms with van der Waals surface area (Å²) in [5, 5.41) is 5.85. The van der Waals surface area contributed by atoms with Crippen LogP contribution in [0.4, 0.5) is 28.7 Å². The van der Waals surface area contributed by atoms with E-state index >= 15 is 0 Å². The summed E-state index contributed by atoms with van der Waals surface area (Å²) in [5.74, 6) is -0.209. The monoisotopic (exact) mass is 781 g/mol. The molecule has 0 atom stereocenters. The number of nitrogens with zero attached hydrogens (tertiary/aromatic N) is 7. The lowest BCUT2D eigenvalue weighted by molar-refractivity contribution is -0.111. The molecule has 2 saturated heterocycles. The van der Waals surface area contributed by atoms with Gasteiger partial charge in [0.25, 0.3) is 11.5 Å². The molecule has 15 nitrogen and oxygen atoms in total. The van der Waals surface area contributed by atoms with Gasteiger partial charge in [-0.25, -0.2) is 18.4 Å². The molecule has 0 unspecified atom stereocenters. The Morgan fingerprint density at radius 2 is 1.84 bits per heavy atom. The zero-order valence-corrected chi connectivity index (χ0v) is 33.0. The number of rotatable bonds is 8. The molecule has 0 saturated carbocycles. The Morgan fingerprint density at radius 1 is 1.05 bits per heavy atom. The molecule has 16 heteroatoms. The molecule has 3 aliphatic heterocycles. The average molecular weight is 782 g/mol. The number of nitrogens with one attached hydrogen (secondary N) is 2. The van der Waals surface area contributed by atoms with Gasteiger partial charge in [-0.3, -0.25) is 28.5 Å². The highest BCUT2D eigenvalue weighted by atomic mass is 32.2. The quantitative estimate of drug-likeness (QED) is 0.248. The Hall–Kier alpha value is -5.32. The maximum absolute atomic E-state index is 13.9. The number of carbonyl (C=O) groups is 2. The van der Waals surface area contributed by atoms with Gasteiger partial charge < -0.3 is 24.5 Å². The minimum Gasteiger partial charge on any atom is -0.381 e. The van der Waals surface area contributed by atoms with Crippen LogP contribution >= 0.6 is 0 Å². The molecular formula is C40H47N9O6S. The minimum absolute atomic E-state index is 0.0125. The fourth-order valence-electron chi connectivity index (χ4n) is 8.57. The predicted octanol–water partition coefficient (Wildman–Crippen LogP) is 4.19. The number of fused-ring (bicyclic) bond motifs is 3. The van der Waals surface area contributed by atoms with Gasteiger partial charge in [-0.2, -0.15) is 0 Å². The van der Waals surface area contributed by atoms with E-state index in [1.54, 1.807) is 42.5 Å². The highest BCUT2D eigenvalue weighted by Crippen LogP contribution is 2.40. The fourth-order valence-corrected chi connectivity index (χ4v) is 10.3. The van der Waals surface area contributed by atoms with Crippen LogP contribution in [0.15, 0.2) is 60.2 Å². The third-order valence-electron chi connectivity index (χ3n) is 11.3. The molecular weight excluding hydrogens is 735 g/mol. The van der Waals surface area contributed by atoms with Crippen LogP contribution in [0.3, 0.4) is 0 Å². The molecule has 56 heavy (non-hydrogen) atoms. The number of amides is 2. The smallest absolute Gasteiger partial charge is 0.293 e. The number of anilines is 5. The molecule has 4 aromatic rings. The highest BCUT2D eigenvalue weighted by molar-refractivity contribution is 7.92. The summed E-state index contributed by atoms with van der Waals surface area (Å²) >= 11 is 0. The summed E-state index contributed by atoms with van der Waals surface area (Å²) in [6, 6.07) is 8.82. The number of carbonyl (C=O) groups excluding carboxylic acids is 2. The molecule has 0 spiro atoms. The third kappa shape index (κ3) is 6.90. The molecule has 3 aromatic heterocycles. The van der Waals surface area contributed by atoms with E-state index in [0.717, 1.165) is 37.3 Å². The summed E-state index contributed by atoms with van der Waals surface area (Å²) in [5.41, 5.74) is 5.82. The summed E-state index contributed by atoms with van der Waals surface area (Å²) < 4.78 is 37.7. The molecule has 294 valence electrons. The zero-order valence-electron chi connectivity index (χ0n) is 32.2. The van der Waals surface area contributed by atoms with Gasteiger partial charge in [0.2, 0.25) is 15.9 Å². The van der Waals surface area contributed by atoms with Crippen molar-refractivity contribution in [3.63, 3.8) is 0 Å². The SMILES string of the molecule is C=CC(=O)Nc1cc(Nc2nc(-c3ccnc(N4CCn5c(cc6c5CC(C)(C)C6)C4=O)c3C)cn(C)c2=O)ccc1N1CCN(C2CCOCC2)CS1(=O)=O. The van der Waals surface area contributed by atoms with E-state index in [-0.39, 0.29) is 41.3 Å². The number of aryl methyl sites for hydroxylation is 1. The maximum atomic E-state index is 13.9. The van der Waals surface area contributed by atoms with Crippen molar-refractivity contribution in [1.82, 2.24) is 24.0 Å². The Bertz CT molecular complexity index is 2430. The number of hydrogen-bond donors (Lipinski definition) is 2. The van der Waals surface area contributed by atoms with Crippen molar-refractivity contribution in [2.75, 3.05) is 58.6 Å². The van der Waals surface area contributed by atoms with Crippen LogP contribution in [0.1, 0.15) is 54.0 Å². The predicted molar refractivity (Wildman–Crippen MR) is 215 cm³/mol. The van der Waals surface area contributed by atoms with E-state index in [9.17, 15) is 22.8 Å². The first kappa shape index (κ1) is 37.6. The third-order valence-corrected chi connectivity index (χ3v) is 13.0. The van der Waals surface area contributed by atoms with Crippen LogP contribution in [0.25, 0.3) is 11.3 Å². The Labute approximate surface area is 326 Å². The largest absolute Gasteiger partial charge is 0.381 e. The Balaban J connectivity index is 1.07. The van der Waals surface area contributed by atoms with Crippen molar-refractivity contribution in [1.29, 1.82) is 0 Å². The van der Waals surface area contributed by atoms with Gasteiger partial charge in [-0.15, -0.1) is 0 Å². The number of ether oxygens (including phenoxy) is 1. The van der Waals surface area contributed by atoms with E-state index in [1.807, 2.05) is 24.0 Å². The lowest BCUT2D eigenvalue weighted by atomic mass is 9.90. The summed E-state index contributed by atoms with van der Waals surface area (Å²) in [6.45, 7) is 13.1. The summed E-state index contributed by atoms with van der Waals surface area (Å²) in [6.07, 6.45) is 7.84. The van der Waals surface area contributed by atoms with E-state index in [0.29, 0.717) is 67.0 Å². The summed E-state index contributed by atoms with van der Waals surface area (Å²) in [7, 11) is -2.15. The van der Waals surface area contributed by atoms with Gasteiger partial charge in [0.05, 0.1) is 17.1 Å². The van der Waals surface area contributed by atoms with Crippen LogP contribution in [-0.4, -0.2) is 89.0 Å². The van der Waals surface area contributed by atoms with E-state index in [1.165, 1.54) is 20.1 Å². The molecule has 2 N–H and O–H groups in total. The van der Waals surface area contributed by atoms with Crippen LogP contribution in [0.5, 0.6) is 0 Å². The van der Waals surface area contributed by atoms with Crippen molar-refractivity contribution < 1.29 is 22.7 Å². The van der Waals surface area contributed by atoms with E-state index in [4.69, 9.17) is 9.72 Å². The highest BCUT2D eigenvalue weighted by Gasteiger charge is 2.38. The van der Waals surface area contributed by atoms with Crippen molar-refractivity contribution in [3.8, 4) is 11.3 Å². The molecule has 0 bridgehead atoms. The van der Waals surface area contributed by atoms with Crippen molar-refractivity contribution in [3.05, 3.63) is 88.2 Å². The first-order valence-electron chi connectivity index (χ1n) is 19.0. The zero-order chi connectivity index (χ0) is 39.5. The van der Waals surface area contributed by atoms with Crippen LogP contribution in [-0.2, 0) is 46.0 Å². The second-order valence-corrected chi connectivity index (χ2v) is 17.7. The number of sulfonamides is 1. The van der Waals surface area contributed by atoms with E-state index in [2.05, 4.69) is 40.6 Å². The van der Waals surface area contributed by atoms with Crippen LogP contribution in [0.2, 0.25) is 0 Å². The molecule has 4 aliphatic rings. The molecule has 1 aromatic carbocycles. The van der Waals surface area contributed by atoms with Crippen molar-refractivity contribution in [2.24, 2.45) is 12.5 Å². The number of aromatic nitrogens is 4. The molecule has 2 amide bonds. The second kappa shape index (κ2) is 14.3. The standard InChI is InChI=1S/C40H47N9O6S/c1-6-35(50)43-30-20-27(7-8-32(30)49-16-13-46(24-56(49,53)54)28-10-17-55-18-11-28)42-36-39(52)45(5)23-31(44-36)29-9-12-41-37(25(29)2)48-15-14-47-33(38(48)51)19-26-21-40(3,4)22-34(26)47/h6-9,12,19-20,23,28H,1,10-11,13-18,21-22,24H2,2-5H3,(H,42,44)(H,43,50). The van der Waals surface area contributed by atoms with Gasteiger partial charge in [-0.1, -0.05) is 20.4 Å². The molecule has 0 radical (unpaired) electrons. The van der Waals surface area contributed by atoms with Crippen molar-refractivity contribution >= 4 is 50.5 Å². The lowest BCUT2D eigenvalue weighted by Crippen LogP contribution is -2.54. The van der Waals surface area contributed by atoms with E-state index < -0.39 is 21.5 Å². The Kier molecular flexibility index (Phi) is 9.61. The lowest BCUT2D eigenvalue weighted by Gasteiger charge is -2.41. The normalized spacial score (nSPS) is 19.4. The minimum atomic E-state index is -3.77. The van der Waals surface area contributed by atoms with Crippen molar-refractivity contribution in [2.45, 2.75) is 59.0 Å². The topological polar surface area (TPSA) is 164 Å². The number of pyridine rings is 1. The molecule has 8 rings (SSSR count). The number of benzene rings is 1. The van der Waals surface area contributed by atoms with Gasteiger partial charge in [0.15, 0.2) is 5.82 Å². The fraction of sp³-hybridized carbons (Fsp3) is 0.425. The molecule has 1 aliphatic carbocycles. The first-order chi connectivity index (χ1) is 26.7. The molecule has 2 fully saturated rings. The maximum Gasteiger partial charge on any atom is 0.293 e. The van der Waals surface area contributed by atoms with Gasteiger partial charge >= 0.3 is 0 Å². The van der Waals surface area contributed by atoms with Gasteiger partial charge in [-0.05, 0) is 80.0 Å². The average Bonchev–Trinajstić information content (AvgIpc) is 3.66. The first-order valence-corrected chi connectivity index (χ1v) is 20.6. The molecule has 6 heterocycles. The Morgan fingerprint density at radius 3 is 2.59 bits per heavy atom. The number of hydrogen-bond acceptors (Lipinski definition) is 10.